The highest BCUT2D eigenvalue weighted by Crippen LogP contribution is 2.34. The number of carbonyl (C=O) groups excluding carboxylic acids is 1. The van der Waals surface area contributed by atoms with Crippen LogP contribution in [0.5, 0.6) is 0 Å². The predicted molar refractivity (Wildman–Crippen MR) is 79.3 cm³/mol. The molecule has 2 saturated heterocycles. The average molecular weight is 344 g/mol. The molecule has 0 spiro atoms. The fourth-order valence-corrected chi connectivity index (χ4v) is 6.16. The second kappa shape index (κ2) is 5.32. The summed E-state index contributed by atoms with van der Waals surface area (Å²) >= 11 is 0.771. The van der Waals surface area contributed by atoms with E-state index in [4.69, 9.17) is 5.11 Å². The lowest BCUT2D eigenvalue weighted by atomic mass is 10.2. The van der Waals surface area contributed by atoms with Crippen LogP contribution in [0.2, 0.25) is 0 Å². The van der Waals surface area contributed by atoms with Crippen molar-refractivity contribution in [3.63, 3.8) is 0 Å². The molecule has 9 heteroatoms. The lowest BCUT2D eigenvalue weighted by Crippen LogP contribution is -2.54. The standard InChI is InChI=1S/C13H16N2O5S2/c1-8-7-11(21-12(8)13(17)18)22(19,20)15-6-4-10(16)14-5-2-3-9(14)15/h7,9H,2-6H2,1H3,(H,17,18). The van der Waals surface area contributed by atoms with Gasteiger partial charge in [-0.15, -0.1) is 11.3 Å². The number of aryl methyl sites for hydroxylation is 1. The van der Waals surface area contributed by atoms with Gasteiger partial charge in [0, 0.05) is 19.5 Å². The molecule has 1 aromatic heterocycles. The van der Waals surface area contributed by atoms with Crippen LogP contribution in [-0.4, -0.2) is 53.9 Å². The van der Waals surface area contributed by atoms with Gasteiger partial charge in [0.25, 0.3) is 10.0 Å². The maximum atomic E-state index is 12.8. The maximum absolute atomic E-state index is 12.8. The first kappa shape index (κ1) is 15.4. The zero-order chi connectivity index (χ0) is 16.1. The predicted octanol–water partition coefficient (Wildman–Crippen LogP) is 1.10. The van der Waals surface area contributed by atoms with Crippen LogP contribution in [-0.2, 0) is 14.8 Å². The van der Waals surface area contributed by atoms with E-state index in [1.165, 1.54) is 10.4 Å². The number of amides is 1. The number of carbonyl (C=O) groups is 2. The maximum Gasteiger partial charge on any atom is 0.346 e. The quantitative estimate of drug-likeness (QED) is 0.886. The Morgan fingerprint density at radius 2 is 2.14 bits per heavy atom. The highest BCUT2D eigenvalue weighted by molar-refractivity contribution is 7.91. The van der Waals surface area contributed by atoms with Crippen molar-refractivity contribution in [2.24, 2.45) is 0 Å². The molecule has 0 aromatic carbocycles. The van der Waals surface area contributed by atoms with Crippen molar-refractivity contribution >= 4 is 33.2 Å². The molecule has 0 aliphatic carbocycles. The Kier molecular flexibility index (Phi) is 3.74. The average Bonchev–Trinajstić information content (AvgIpc) is 3.05. The summed E-state index contributed by atoms with van der Waals surface area (Å²) < 4.78 is 27.0. The minimum absolute atomic E-state index is 0.0115. The highest BCUT2D eigenvalue weighted by atomic mass is 32.2. The molecular weight excluding hydrogens is 328 g/mol. The molecule has 3 rings (SSSR count). The Morgan fingerprint density at radius 1 is 1.41 bits per heavy atom. The van der Waals surface area contributed by atoms with Crippen molar-refractivity contribution in [1.82, 2.24) is 9.21 Å². The van der Waals surface area contributed by atoms with E-state index < -0.39 is 22.2 Å². The summed E-state index contributed by atoms with van der Waals surface area (Å²) in [5, 5.41) is 9.09. The van der Waals surface area contributed by atoms with Crippen LogP contribution in [0, 0.1) is 6.92 Å². The molecule has 0 saturated carbocycles. The van der Waals surface area contributed by atoms with Gasteiger partial charge in [-0.25, -0.2) is 13.2 Å². The van der Waals surface area contributed by atoms with Gasteiger partial charge in [0.1, 0.15) is 9.09 Å². The van der Waals surface area contributed by atoms with E-state index in [2.05, 4.69) is 0 Å². The van der Waals surface area contributed by atoms with E-state index in [-0.39, 0.29) is 28.0 Å². The molecule has 7 nitrogen and oxygen atoms in total. The molecule has 2 aliphatic rings. The molecule has 0 radical (unpaired) electrons. The third-order valence-corrected chi connectivity index (χ3v) is 7.64. The summed E-state index contributed by atoms with van der Waals surface area (Å²) in [6.45, 7) is 2.32. The molecule has 1 aromatic rings. The molecule has 3 heterocycles. The largest absolute Gasteiger partial charge is 0.477 e. The Balaban J connectivity index is 1.97. The van der Waals surface area contributed by atoms with Gasteiger partial charge in [0.2, 0.25) is 5.91 Å². The van der Waals surface area contributed by atoms with Crippen LogP contribution in [0.1, 0.15) is 34.5 Å². The molecule has 1 amide bonds. The van der Waals surface area contributed by atoms with Crippen molar-refractivity contribution in [1.29, 1.82) is 0 Å². The van der Waals surface area contributed by atoms with E-state index in [1.54, 1.807) is 11.8 Å². The smallest absolute Gasteiger partial charge is 0.346 e. The lowest BCUT2D eigenvalue weighted by Gasteiger charge is -2.38. The SMILES string of the molecule is Cc1cc(S(=O)(=O)N2CCC(=O)N3CCCC32)sc1C(=O)O. The van der Waals surface area contributed by atoms with Gasteiger partial charge in [-0.3, -0.25) is 4.79 Å². The molecule has 1 atom stereocenters. The van der Waals surface area contributed by atoms with Crippen LogP contribution < -0.4 is 0 Å². The minimum atomic E-state index is -3.78. The molecule has 1 N–H and O–H groups in total. The number of aromatic carboxylic acids is 1. The second-order valence-electron chi connectivity index (χ2n) is 5.46. The van der Waals surface area contributed by atoms with Gasteiger partial charge < -0.3 is 10.0 Å². The summed E-state index contributed by atoms with van der Waals surface area (Å²) in [5.74, 6) is -1.14. The Labute approximate surface area is 132 Å². The van der Waals surface area contributed by atoms with Crippen LogP contribution in [0.15, 0.2) is 10.3 Å². The molecule has 120 valence electrons. The fourth-order valence-electron chi connectivity index (χ4n) is 3.03. The van der Waals surface area contributed by atoms with E-state index in [9.17, 15) is 18.0 Å². The molecule has 1 unspecified atom stereocenters. The summed E-state index contributed by atoms with van der Waals surface area (Å²) in [5.41, 5.74) is 0.437. The van der Waals surface area contributed by atoms with Gasteiger partial charge in [0.05, 0.1) is 6.17 Å². The van der Waals surface area contributed by atoms with Crippen LogP contribution >= 0.6 is 11.3 Å². The zero-order valence-electron chi connectivity index (χ0n) is 12.0. The van der Waals surface area contributed by atoms with Crippen molar-refractivity contribution < 1.29 is 23.1 Å². The van der Waals surface area contributed by atoms with Crippen molar-refractivity contribution in [3.8, 4) is 0 Å². The van der Waals surface area contributed by atoms with Gasteiger partial charge in [-0.2, -0.15) is 4.31 Å². The number of thiophene rings is 1. The molecule has 22 heavy (non-hydrogen) atoms. The molecule has 2 aliphatic heterocycles. The molecular formula is C13H16N2O5S2. The summed E-state index contributed by atoms with van der Waals surface area (Å²) in [6, 6.07) is 1.40. The molecule has 0 bridgehead atoms. The number of carboxylic acids is 1. The Bertz CT molecular complexity index is 740. The lowest BCUT2D eigenvalue weighted by molar-refractivity contribution is -0.137. The van der Waals surface area contributed by atoms with Crippen molar-refractivity contribution in [2.75, 3.05) is 13.1 Å². The monoisotopic (exact) mass is 344 g/mol. The summed E-state index contributed by atoms with van der Waals surface area (Å²) in [6.07, 6.45) is 1.15. The Hall–Kier alpha value is -1.45. The van der Waals surface area contributed by atoms with Gasteiger partial charge in [-0.05, 0) is 31.4 Å². The topological polar surface area (TPSA) is 95.0 Å². The Morgan fingerprint density at radius 3 is 2.77 bits per heavy atom. The van der Waals surface area contributed by atoms with Crippen LogP contribution in [0.25, 0.3) is 0 Å². The first-order valence-corrected chi connectivity index (χ1v) is 9.23. The van der Waals surface area contributed by atoms with E-state index in [0.29, 0.717) is 18.5 Å². The van der Waals surface area contributed by atoms with Gasteiger partial charge >= 0.3 is 5.97 Å². The van der Waals surface area contributed by atoms with Gasteiger partial charge in [-0.1, -0.05) is 0 Å². The summed E-state index contributed by atoms with van der Waals surface area (Å²) in [4.78, 5) is 24.6. The van der Waals surface area contributed by atoms with Crippen molar-refractivity contribution in [3.05, 3.63) is 16.5 Å². The normalized spacial score (nSPS) is 22.9. The van der Waals surface area contributed by atoms with Crippen LogP contribution in [0.3, 0.4) is 0 Å². The molecule has 2 fully saturated rings. The number of rotatable bonds is 3. The number of hydrogen-bond acceptors (Lipinski definition) is 5. The second-order valence-corrected chi connectivity index (χ2v) is 8.63. The van der Waals surface area contributed by atoms with E-state index >= 15 is 0 Å². The number of carboxylic acid groups (broad SMARTS) is 1. The third kappa shape index (κ3) is 2.33. The first-order valence-electron chi connectivity index (χ1n) is 6.97. The number of sulfonamides is 1. The minimum Gasteiger partial charge on any atom is -0.477 e. The first-order chi connectivity index (χ1) is 10.3. The van der Waals surface area contributed by atoms with E-state index in [0.717, 1.165) is 17.8 Å². The number of fused-ring (bicyclic) bond motifs is 1. The fraction of sp³-hybridized carbons (Fsp3) is 0.538. The zero-order valence-corrected chi connectivity index (χ0v) is 13.6. The van der Waals surface area contributed by atoms with Crippen LogP contribution in [0.4, 0.5) is 0 Å². The highest BCUT2D eigenvalue weighted by Gasteiger charge is 2.43. The number of hydrogen-bond donors (Lipinski definition) is 1. The number of nitrogens with zero attached hydrogens (tertiary/aromatic N) is 2. The summed E-state index contributed by atoms with van der Waals surface area (Å²) in [7, 11) is -3.78. The van der Waals surface area contributed by atoms with Crippen molar-refractivity contribution in [2.45, 2.75) is 36.6 Å². The third-order valence-electron chi connectivity index (χ3n) is 4.07. The van der Waals surface area contributed by atoms with Gasteiger partial charge in [0.15, 0.2) is 0 Å². The van der Waals surface area contributed by atoms with E-state index in [1.807, 2.05) is 0 Å².